The van der Waals surface area contributed by atoms with E-state index in [1.54, 1.807) is 31.3 Å². The zero-order valence-corrected chi connectivity index (χ0v) is 10.1. The van der Waals surface area contributed by atoms with E-state index in [2.05, 4.69) is 10.4 Å². The predicted octanol–water partition coefficient (Wildman–Crippen LogP) is 0.476. The molecule has 0 bridgehead atoms. The normalized spacial score (nSPS) is 10.1. The molecule has 1 aromatic rings. The van der Waals surface area contributed by atoms with Crippen LogP contribution in [-0.4, -0.2) is 43.1 Å². The van der Waals surface area contributed by atoms with Crippen LogP contribution in [0.25, 0.3) is 0 Å². The summed E-state index contributed by atoms with van der Waals surface area (Å²) in [5.41, 5.74) is 3.53. The minimum atomic E-state index is -0.109. The van der Waals surface area contributed by atoms with Gasteiger partial charge in [0.15, 0.2) is 0 Å². The standard InChI is InChI=1S/C11H18N4O2/c1-15(6-3-7-17-2)11(16)9-8-13-5-4-10(9)14-12/h4-5,8H,3,6-7,12H2,1-2H3,(H,13,14). The lowest BCUT2D eigenvalue weighted by Crippen LogP contribution is -2.29. The number of nitrogen functional groups attached to an aromatic ring is 1. The molecule has 3 N–H and O–H groups in total. The van der Waals surface area contributed by atoms with E-state index in [1.807, 2.05) is 0 Å². The second kappa shape index (κ2) is 6.82. The molecule has 0 unspecified atom stereocenters. The molecule has 17 heavy (non-hydrogen) atoms. The Kier molecular flexibility index (Phi) is 5.38. The van der Waals surface area contributed by atoms with Crippen molar-refractivity contribution in [3.05, 3.63) is 24.0 Å². The first-order valence-corrected chi connectivity index (χ1v) is 5.35. The molecule has 1 rings (SSSR count). The Morgan fingerprint density at radius 1 is 1.65 bits per heavy atom. The van der Waals surface area contributed by atoms with Crippen molar-refractivity contribution in [1.29, 1.82) is 0 Å². The van der Waals surface area contributed by atoms with Gasteiger partial charge in [-0.2, -0.15) is 0 Å². The number of carbonyl (C=O) groups excluding carboxylic acids is 1. The highest BCUT2D eigenvalue weighted by Crippen LogP contribution is 2.14. The van der Waals surface area contributed by atoms with Gasteiger partial charge in [-0.25, -0.2) is 0 Å². The molecule has 0 aliphatic rings. The van der Waals surface area contributed by atoms with Crippen LogP contribution in [-0.2, 0) is 4.74 Å². The van der Waals surface area contributed by atoms with Crippen LogP contribution in [0, 0.1) is 0 Å². The van der Waals surface area contributed by atoms with Crippen LogP contribution in [0.15, 0.2) is 18.5 Å². The van der Waals surface area contributed by atoms with Gasteiger partial charge in [-0.05, 0) is 12.5 Å². The zero-order chi connectivity index (χ0) is 12.7. The summed E-state index contributed by atoms with van der Waals surface area (Å²) in [5, 5.41) is 0. The van der Waals surface area contributed by atoms with E-state index >= 15 is 0 Å². The number of methoxy groups -OCH3 is 1. The monoisotopic (exact) mass is 238 g/mol. The fourth-order valence-electron chi connectivity index (χ4n) is 1.44. The summed E-state index contributed by atoms with van der Waals surface area (Å²) in [6, 6.07) is 1.66. The number of hydrogen-bond acceptors (Lipinski definition) is 5. The number of pyridine rings is 1. The van der Waals surface area contributed by atoms with Crippen LogP contribution in [0.2, 0.25) is 0 Å². The van der Waals surface area contributed by atoms with Crippen molar-refractivity contribution < 1.29 is 9.53 Å². The second-order valence-electron chi connectivity index (χ2n) is 3.64. The Balaban J connectivity index is 2.67. The molecule has 1 heterocycles. The molecular weight excluding hydrogens is 220 g/mol. The maximum Gasteiger partial charge on any atom is 0.257 e. The van der Waals surface area contributed by atoms with Gasteiger partial charge in [0, 0.05) is 39.7 Å². The molecule has 1 aromatic heterocycles. The number of nitrogens with two attached hydrogens (primary N) is 1. The number of hydrazine groups is 1. The van der Waals surface area contributed by atoms with E-state index in [0.29, 0.717) is 24.4 Å². The van der Waals surface area contributed by atoms with Crippen LogP contribution in [0.5, 0.6) is 0 Å². The third kappa shape index (κ3) is 3.69. The third-order valence-corrected chi connectivity index (χ3v) is 2.40. The average molecular weight is 238 g/mol. The number of carbonyl (C=O) groups is 1. The predicted molar refractivity (Wildman–Crippen MR) is 65.5 cm³/mol. The molecule has 0 aliphatic carbocycles. The number of rotatable bonds is 6. The summed E-state index contributed by atoms with van der Waals surface area (Å²) in [4.78, 5) is 17.6. The lowest BCUT2D eigenvalue weighted by molar-refractivity contribution is 0.0780. The minimum Gasteiger partial charge on any atom is -0.385 e. The molecule has 94 valence electrons. The van der Waals surface area contributed by atoms with Gasteiger partial charge in [0.1, 0.15) is 0 Å². The summed E-state index contributed by atoms with van der Waals surface area (Å²) in [7, 11) is 3.38. The summed E-state index contributed by atoms with van der Waals surface area (Å²) in [5.74, 6) is 5.23. The van der Waals surface area contributed by atoms with Crippen molar-refractivity contribution in [3.8, 4) is 0 Å². The number of hydrogen-bond donors (Lipinski definition) is 2. The molecule has 0 radical (unpaired) electrons. The number of aromatic nitrogens is 1. The molecule has 0 aliphatic heterocycles. The SMILES string of the molecule is COCCCN(C)C(=O)c1cnccc1NN. The maximum absolute atomic E-state index is 12.1. The van der Waals surface area contributed by atoms with Gasteiger partial charge in [0.25, 0.3) is 5.91 Å². The molecular formula is C11H18N4O2. The molecule has 0 saturated carbocycles. The van der Waals surface area contributed by atoms with Crippen molar-refractivity contribution in [2.75, 3.05) is 32.7 Å². The van der Waals surface area contributed by atoms with Crippen LogP contribution in [0.4, 0.5) is 5.69 Å². The van der Waals surface area contributed by atoms with Crippen molar-refractivity contribution in [1.82, 2.24) is 9.88 Å². The van der Waals surface area contributed by atoms with E-state index in [-0.39, 0.29) is 5.91 Å². The van der Waals surface area contributed by atoms with E-state index in [1.165, 1.54) is 6.20 Å². The Hall–Kier alpha value is -1.66. The summed E-state index contributed by atoms with van der Waals surface area (Å²) in [6.45, 7) is 1.26. The van der Waals surface area contributed by atoms with Gasteiger partial charge in [-0.15, -0.1) is 0 Å². The van der Waals surface area contributed by atoms with Crippen LogP contribution in [0.1, 0.15) is 16.8 Å². The Labute approximate surface area is 101 Å². The van der Waals surface area contributed by atoms with Gasteiger partial charge in [0.05, 0.1) is 11.3 Å². The molecule has 0 atom stereocenters. The molecule has 0 saturated heterocycles. The van der Waals surface area contributed by atoms with Crippen molar-refractivity contribution in [2.24, 2.45) is 5.84 Å². The van der Waals surface area contributed by atoms with E-state index < -0.39 is 0 Å². The summed E-state index contributed by atoms with van der Waals surface area (Å²) >= 11 is 0. The lowest BCUT2D eigenvalue weighted by Gasteiger charge is -2.18. The van der Waals surface area contributed by atoms with Crippen molar-refractivity contribution >= 4 is 11.6 Å². The average Bonchev–Trinajstić information content (AvgIpc) is 2.38. The second-order valence-corrected chi connectivity index (χ2v) is 3.64. The van der Waals surface area contributed by atoms with Crippen LogP contribution in [0.3, 0.4) is 0 Å². The Morgan fingerprint density at radius 3 is 3.06 bits per heavy atom. The first-order valence-electron chi connectivity index (χ1n) is 5.35. The largest absolute Gasteiger partial charge is 0.385 e. The highest BCUT2D eigenvalue weighted by molar-refractivity contribution is 5.99. The number of ether oxygens (including phenoxy) is 1. The first-order chi connectivity index (χ1) is 8.20. The van der Waals surface area contributed by atoms with E-state index in [9.17, 15) is 4.79 Å². The first kappa shape index (κ1) is 13.4. The van der Waals surface area contributed by atoms with Crippen LogP contribution >= 0.6 is 0 Å². The van der Waals surface area contributed by atoms with E-state index in [0.717, 1.165) is 6.42 Å². The van der Waals surface area contributed by atoms with Crippen molar-refractivity contribution in [2.45, 2.75) is 6.42 Å². The quantitative estimate of drug-likeness (QED) is 0.428. The lowest BCUT2D eigenvalue weighted by atomic mass is 10.2. The Morgan fingerprint density at radius 2 is 2.41 bits per heavy atom. The molecule has 0 fully saturated rings. The van der Waals surface area contributed by atoms with Gasteiger partial charge < -0.3 is 15.1 Å². The summed E-state index contributed by atoms with van der Waals surface area (Å²) in [6.07, 6.45) is 3.88. The molecule has 0 spiro atoms. The van der Waals surface area contributed by atoms with Gasteiger partial charge in [-0.3, -0.25) is 15.6 Å². The van der Waals surface area contributed by atoms with Crippen LogP contribution < -0.4 is 11.3 Å². The number of anilines is 1. The molecule has 6 heteroatoms. The maximum atomic E-state index is 12.1. The number of amides is 1. The fourth-order valence-corrected chi connectivity index (χ4v) is 1.44. The smallest absolute Gasteiger partial charge is 0.257 e. The van der Waals surface area contributed by atoms with Gasteiger partial charge in [-0.1, -0.05) is 0 Å². The highest BCUT2D eigenvalue weighted by Gasteiger charge is 2.15. The van der Waals surface area contributed by atoms with E-state index in [4.69, 9.17) is 10.6 Å². The zero-order valence-electron chi connectivity index (χ0n) is 10.1. The molecule has 0 aromatic carbocycles. The molecule has 6 nitrogen and oxygen atoms in total. The Bertz CT molecular complexity index is 370. The van der Waals surface area contributed by atoms with Gasteiger partial charge in [0.2, 0.25) is 0 Å². The number of nitrogens with one attached hydrogen (secondary N) is 1. The topological polar surface area (TPSA) is 80.5 Å². The molecule has 1 amide bonds. The highest BCUT2D eigenvalue weighted by atomic mass is 16.5. The number of nitrogens with zero attached hydrogens (tertiary/aromatic N) is 2. The summed E-state index contributed by atoms with van der Waals surface area (Å²) < 4.78 is 4.94. The third-order valence-electron chi connectivity index (χ3n) is 2.40. The minimum absolute atomic E-state index is 0.109. The van der Waals surface area contributed by atoms with Gasteiger partial charge >= 0.3 is 0 Å². The fraction of sp³-hybridized carbons (Fsp3) is 0.455. The van der Waals surface area contributed by atoms with Crippen molar-refractivity contribution in [3.63, 3.8) is 0 Å².